The fourth-order valence-corrected chi connectivity index (χ4v) is 4.15. The van der Waals surface area contributed by atoms with E-state index < -0.39 is 23.5 Å². The lowest BCUT2D eigenvalue weighted by Gasteiger charge is -2.26. The van der Waals surface area contributed by atoms with E-state index in [1.807, 2.05) is 25.1 Å². The molecule has 0 aliphatic carbocycles. The highest BCUT2D eigenvalue weighted by Crippen LogP contribution is 2.42. The first-order chi connectivity index (χ1) is 16.7. The molecule has 0 spiro atoms. The second kappa shape index (κ2) is 9.74. The third-order valence-electron chi connectivity index (χ3n) is 5.93. The van der Waals surface area contributed by atoms with Gasteiger partial charge < -0.3 is 9.84 Å². The number of anilines is 1. The zero-order valence-corrected chi connectivity index (χ0v) is 20.2. The number of hydrogen-bond acceptors (Lipinski definition) is 4. The number of benzene rings is 3. The molecule has 3 aromatic carbocycles. The topological polar surface area (TPSA) is 66.8 Å². The van der Waals surface area contributed by atoms with Gasteiger partial charge >= 0.3 is 0 Å². The predicted molar refractivity (Wildman–Crippen MR) is 134 cm³/mol. The molecule has 6 heteroatoms. The summed E-state index contributed by atoms with van der Waals surface area (Å²) in [5.74, 6) is -1.26. The van der Waals surface area contributed by atoms with E-state index in [-0.39, 0.29) is 16.9 Å². The Morgan fingerprint density at radius 2 is 1.74 bits per heavy atom. The fraction of sp³-hybridized carbons (Fsp3) is 0.241. The van der Waals surface area contributed by atoms with Gasteiger partial charge in [-0.15, -0.1) is 0 Å². The Labute approximate surface area is 204 Å². The Kier molecular flexibility index (Phi) is 6.74. The maximum Gasteiger partial charge on any atom is 0.300 e. The summed E-state index contributed by atoms with van der Waals surface area (Å²) in [5.41, 5.74) is 2.67. The maximum absolute atomic E-state index is 13.9. The number of aliphatic hydroxyl groups is 1. The Bertz CT molecular complexity index is 1310. The van der Waals surface area contributed by atoms with Crippen molar-refractivity contribution in [3.8, 4) is 5.75 Å². The van der Waals surface area contributed by atoms with Crippen molar-refractivity contribution in [3.63, 3.8) is 0 Å². The molecule has 1 heterocycles. The molecule has 0 bridgehead atoms. The summed E-state index contributed by atoms with van der Waals surface area (Å²) in [6.45, 7) is 8.15. The quantitative estimate of drug-likeness (QED) is 0.267. The molecule has 1 aliphatic heterocycles. The number of carbonyl (C=O) groups excluding carboxylic acids is 2. The van der Waals surface area contributed by atoms with Crippen LogP contribution in [0.15, 0.2) is 72.3 Å². The first-order valence-electron chi connectivity index (χ1n) is 11.5. The number of aliphatic hydroxyl groups excluding tert-OH is 1. The van der Waals surface area contributed by atoms with Crippen molar-refractivity contribution in [1.82, 2.24) is 0 Å². The van der Waals surface area contributed by atoms with E-state index in [1.54, 1.807) is 37.3 Å². The molecule has 4 rings (SSSR count). The van der Waals surface area contributed by atoms with Gasteiger partial charge in [0.05, 0.1) is 18.2 Å². The zero-order chi connectivity index (χ0) is 25.3. The van der Waals surface area contributed by atoms with E-state index in [4.69, 9.17) is 4.74 Å². The third kappa shape index (κ3) is 4.83. The number of carbonyl (C=O) groups is 2. The summed E-state index contributed by atoms with van der Waals surface area (Å²) in [4.78, 5) is 27.9. The van der Waals surface area contributed by atoms with E-state index >= 15 is 0 Å². The van der Waals surface area contributed by atoms with Crippen LogP contribution in [0.5, 0.6) is 5.75 Å². The number of amides is 1. The molecule has 1 fully saturated rings. The zero-order valence-electron chi connectivity index (χ0n) is 20.2. The molecule has 1 N–H and O–H groups in total. The van der Waals surface area contributed by atoms with E-state index in [0.717, 1.165) is 5.56 Å². The monoisotopic (exact) mass is 473 g/mol. The largest absolute Gasteiger partial charge is 0.507 e. The lowest BCUT2D eigenvalue weighted by atomic mass is 9.94. The van der Waals surface area contributed by atoms with Gasteiger partial charge in [0.1, 0.15) is 17.3 Å². The molecule has 180 valence electrons. The summed E-state index contributed by atoms with van der Waals surface area (Å²) in [7, 11) is 0. The van der Waals surface area contributed by atoms with E-state index in [1.165, 1.54) is 23.1 Å². The highest BCUT2D eigenvalue weighted by molar-refractivity contribution is 6.51. The summed E-state index contributed by atoms with van der Waals surface area (Å²) in [5, 5.41) is 11.2. The second-order valence-electron chi connectivity index (χ2n) is 9.25. The Balaban J connectivity index is 1.86. The number of nitrogens with zero attached hydrogens (tertiary/aromatic N) is 1. The Morgan fingerprint density at radius 1 is 1.03 bits per heavy atom. The number of ketones is 1. The molecule has 3 aromatic rings. The minimum absolute atomic E-state index is 0.0432. The average molecular weight is 474 g/mol. The molecule has 5 nitrogen and oxygen atoms in total. The van der Waals surface area contributed by atoms with Crippen molar-refractivity contribution in [1.29, 1.82) is 0 Å². The number of Topliss-reactive ketones (excluding diaryl/α,β-unsaturated/α-hetero) is 1. The van der Waals surface area contributed by atoms with Gasteiger partial charge in [0.25, 0.3) is 11.7 Å². The highest BCUT2D eigenvalue weighted by atomic mass is 19.1. The van der Waals surface area contributed by atoms with Crippen LogP contribution in [0.1, 0.15) is 42.1 Å². The van der Waals surface area contributed by atoms with E-state index in [9.17, 15) is 19.1 Å². The van der Waals surface area contributed by atoms with Crippen LogP contribution in [-0.4, -0.2) is 23.4 Å². The molecule has 1 atom stereocenters. The minimum Gasteiger partial charge on any atom is -0.507 e. The number of ether oxygens (including phenoxy) is 1. The van der Waals surface area contributed by atoms with Gasteiger partial charge in [-0.3, -0.25) is 14.5 Å². The maximum atomic E-state index is 13.9. The summed E-state index contributed by atoms with van der Waals surface area (Å²) < 4.78 is 19.6. The predicted octanol–water partition coefficient (Wildman–Crippen LogP) is 6.10. The van der Waals surface area contributed by atoms with E-state index in [0.29, 0.717) is 35.1 Å². The van der Waals surface area contributed by atoms with Crippen LogP contribution in [0, 0.1) is 25.6 Å². The van der Waals surface area contributed by atoms with Gasteiger partial charge in [-0.25, -0.2) is 4.39 Å². The van der Waals surface area contributed by atoms with Crippen LogP contribution in [0.25, 0.3) is 5.76 Å². The van der Waals surface area contributed by atoms with Crippen molar-refractivity contribution in [2.45, 2.75) is 33.7 Å². The average Bonchev–Trinajstić information content (AvgIpc) is 3.09. The van der Waals surface area contributed by atoms with Crippen molar-refractivity contribution in [3.05, 3.63) is 100 Å². The second-order valence-corrected chi connectivity index (χ2v) is 9.25. The number of rotatable bonds is 6. The smallest absolute Gasteiger partial charge is 0.300 e. The Morgan fingerprint density at radius 3 is 2.37 bits per heavy atom. The standard InChI is InChI=1S/C29H28FNO4/c1-17(2)16-35-23-11-8-20(9-12-23)26-25(27(32)21-10-13-24(30)19(4)15-21)28(33)29(34)31(26)22-7-5-6-18(3)14-22/h5-15,17,26,32H,16H2,1-4H3/b27-25-. The lowest BCUT2D eigenvalue weighted by molar-refractivity contribution is -0.132. The molecule has 1 unspecified atom stereocenters. The van der Waals surface area contributed by atoms with Gasteiger partial charge in [0, 0.05) is 11.3 Å². The molecule has 0 saturated carbocycles. The number of halogens is 1. The van der Waals surface area contributed by atoms with E-state index in [2.05, 4.69) is 13.8 Å². The van der Waals surface area contributed by atoms with Crippen molar-refractivity contribution in [2.24, 2.45) is 5.92 Å². The molecule has 0 radical (unpaired) electrons. The SMILES string of the molecule is Cc1cccc(N2C(=O)C(=O)/C(=C(\O)c3ccc(F)c(C)c3)C2c2ccc(OCC(C)C)cc2)c1. The number of aryl methyl sites for hydroxylation is 2. The van der Waals surface area contributed by atoms with Crippen LogP contribution in [0.2, 0.25) is 0 Å². The summed E-state index contributed by atoms with van der Waals surface area (Å²) in [6.07, 6.45) is 0. The van der Waals surface area contributed by atoms with Crippen molar-refractivity contribution < 1.29 is 23.8 Å². The summed E-state index contributed by atoms with van der Waals surface area (Å²) >= 11 is 0. The molecular weight excluding hydrogens is 445 g/mol. The van der Waals surface area contributed by atoms with Crippen LogP contribution in [0.4, 0.5) is 10.1 Å². The van der Waals surface area contributed by atoms with Gasteiger partial charge in [0.15, 0.2) is 0 Å². The summed E-state index contributed by atoms with van der Waals surface area (Å²) in [6, 6.07) is 17.7. The van der Waals surface area contributed by atoms with Crippen LogP contribution >= 0.6 is 0 Å². The highest BCUT2D eigenvalue weighted by Gasteiger charge is 2.47. The Hall–Kier alpha value is -3.93. The molecule has 35 heavy (non-hydrogen) atoms. The normalized spacial score (nSPS) is 17.3. The van der Waals surface area contributed by atoms with Crippen LogP contribution in [-0.2, 0) is 9.59 Å². The van der Waals surface area contributed by atoms with Crippen LogP contribution in [0.3, 0.4) is 0 Å². The molecule has 0 aromatic heterocycles. The van der Waals surface area contributed by atoms with Gasteiger partial charge in [0.2, 0.25) is 0 Å². The number of hydrogen-bond donors (Lipinski definition) is 1. The van der Waals surface area contributed by atoms with Crippen molar-refractivity contribution in [2.75, 3.05) is 11.5 Å². The van der Waals surface area contributed by atoms with Gasteiger partial charge in [-0.05, 0) is 78.9 Å². The van der Waals surface area contributed by atoms with Gasteiger partial charge in [-0.2, -0.15) is 0 Å². The van der Waals surface area contributed by atoms with Gasteiger partial charge in [-0.1, -0.05) is 38.1 Å². The lowest BCUT2D eigenvalue weighted by Crippen LogP contribution is -2.29. The molecular formula is C29H28FNO4. The fourth-order valence-electron chi connectivity index (χ4n) is 4.15. The minimum atomic E-state index is -0.860. The first kappa shape index (κ1) is 24.2. The first-order valence-corrected chi connectivity index (χ1v) is 11.5. The van der Waals surface area contributed by atoms with Crippen LogP contribution < -0.4 is 9.64 Å². The van der Waals surface area contributed by atoms with Crippen molar-refractivity contribution >= 4 is 23.1 Å². The third-order valence-corrected chi connectivity index (χ3v) is 5.93. The molecule has 1 aliphatic rings. The molecule has 1 saturated heterocycles. The molecule has 1 amide bonds.